The molecule has 24 heavy (non-hydrogen) atoms. The lowest BCUT2D eigenvalue weighted by Crippen LogP contribution is -1.98. The van der Waals surface area contributed by atoms with Crippen molar-refractivity contribution in [3.63, 3.8) is 0 Å². The first-order chi connectivity index (χ1) is 11.3. The van der Waals surface area contributed by atoms with Gasteiger partial charge in [0, 0.05) is 12.3 Å². The molecule has 0 aromatic heterocycles. The Morgan fingerprint density at radius 1 is 1.17 bits per heavy atom. The van der Waals surface area contributed by atoms with Crippen LogP contribution in [0.15, 0.2) is 47.4 Å². The monoisotopic (exact) mass is 349 g/mol. The van der Waals surface area contributed by atoms with Crippen molar-refractivity contribution in [1.82, 2.24) is 0 Å². The molecule has 0 aliphatic heterocycles. The molecule has 0 aliphatic carbocycles. The second kappa shape index (κ2) is 7.23. The van der Waals surface area contributed by atoms with Crippen LogP contribution in [0.3, 0.4) is 0 Å². The van der Waals surface area contributed by atoms with Crippen LogP contribution < -0.4 is 4.74 Å². The highest BCUT2D eigenvalue weighted by molar-refractivity contribution is 7.95. The normalized spacial score (nSPS) is 11.8. The molecular formula is C17H13F2NO3S. The minimum absolute atomic E-state index is 0.0172. The van der Waals surface area contributed by atoms with Gasteiger partial charge in [-0.1, -0.05) is 12.1 Å². The van der Waals surface area contributed by atoms with Gasteiger partial charge in [0.2, 0.25) is 0 Å². The molecule has 7 heteroatoms. The zero-order valence-electron chi connectivity index (χ0n) is 12.7. The van der Waals surface area contributed by atoms with Crippen molar-refractivity contribution >= 4 is 15.9 Å². The van der Waals surface area contributed by atoms with Gasteiger partial charge in [0.15, 0.2) is 9.84 Å². The van der Waals surface area contributed by atoms with Crippen LogP contribution in [-0.4, -0.2) is 14.7 Å². The lowest BCUT2D eigenvalue weighted by Gasteiger charge is -2.07. The van der Waals surface area contributed by atoms with E-state index in [-0.39, 0.29) is 11.5 Å². The molecule has 0 fully saturated rings. The van der Waals surface area contributed by atoms with Gasteiger partial charge < -0.3 is 4.74 Å². The Bertz CT molecular complexity index is 894. The van der Waals surface area contributed by atoms with E-state index < -0.39 is 21.5 Å². The number of rotatable bonds is 5. The number of nitrogens with zero attached hydrogens (tertiary/aromatic N) is 1. The van der Waals surface area contributed by atoms with Crippen LogP contribution in [0.5, 0.6) is 5.75 Å². The number of allylic oxidation sites excluding steroid dienone is 1. The van der Waals surface area contributed by atoms with Crippen LogP contribution in [0.4, 0.5) is 8.78 Å². The van der Waals surface area contributed by atoms with Crippen molar-refractivity contribution in [1.29, 1.82) is 5.26 Å². The third kappa shape index (κ3) is 4.89. The molecule has 0 radical (unpaired) electrons. The maximum atomic E-state index is 13.1. The van der Waals surface area contributed by atoms with Crippen LogP contribution in [0.2, 0.25) is 0 Å². The Hall–Kier alpha value is -2.72. The Kier molecular flexibility index (Phi) is 5.31. The first kappa shape index (κ1) is 17.6. The molecule has 4 nitrogen and oxygen atoms in total. The van der Waals surface area contributed by atoms with Gasteiger partial charge in [0.25, 0.3) is 0 Å². The molecule has 0 bridgehead atoms. The average Bonchev–Trinajstić information content (AvgIpc) is 2.49. The molecule has 0 spiro atoms. The number of nitriles is 1. The van der Waals surface area contributed by atoms with Crippen molar-refractivity contribution < 1.29 is 21.9 Å². The van der Waals surface area contributed by atoms with Gasteiger partial charge in [0.1, 0.15) is 35.0 Å². The number of hydrogen-bond donors (Lipinski definition) is 0. The molecule has 0 saturated heterocycles. The summed E-state index contributed by atoms with van der Waals surface area (Å²) in [5.41, 5.74) is 0.862. The Balaban J connectivity index is 2.10. The molecule has 0 heterocycles. The topological polar surface area (TPSA) is 67.2 Å². The third-order valence-electron chi connectivity index (χ3n) is 3.02. The first-order valence-electron chi connectivity index (χ1n) is 6.77. The summed E-state index contributed by atoms with van der Waals surface area (Å²) in [6, 6.07) is 11.0. The van der Waals surface area contributed by atoms with E-state index in [0.717, 1.165) is 12.3 Å². The van der Waals surface area contributed by atoms with Gasteiger partial charge in [-0.25, -0.2) is 17.2 Å². The minimum atomic E-state index is -3.58. The molecule has 0 amide bonds. The number of hydrogen-bond acceptors (Lipinski definition) is 4. The number of halogens is 2. The highest BCUT2D eigenvalue weighted by atomic mass is 32.2. The van der Waals surface area contributed by atoms with Crippen LogP contribution in [-0.2, 0) is 16.4 Å². The molecule has 0 unspecified atom stereocenters. The van der Waals surface area contributed by atoms with Crippen LogP contribution in [0.1, 0.15) is 11.1 Å². The predicted molar refractivity (Wildman–Crippen MR) is 85.6 cm³/mol. The maximum Gasteiger partial charge on any atom is 0.185 e. The zero-order chi connectivity index (χ0) is 17.7. The van der Waals surface area contributed by atoms with Crippen molar-refractivity contribution in [2.24, 2.45) is 0 Å². The molecule has 0 N–H and O–H groups in total. The minimum Gasteiger partial charge on any atom is -0.489 e. The highest BCUT2D eigenvalue weighted by Crippen LogP contribution is 2.18. The first-order valence-corrected chi connectivity index (χ1v) is 8.67. The third-order valence-corrected chi connectivity index (χ3v) is 4.02. The summed E-state index contributed by atoms with van der Waals surface area (Å²) in [4.78, 5) is -0.341. The fraction of sp³-hybridized carbons (Fsp3) is 0.118. The average molecular weight is 349 g/mol. The van der Waals surface area contributed by atoms with E-state index in [1.54, 1.807) is 30.3 Å². The molecule has 124 valence electrons. The fourth-order valence-electron chi connectivity index (χ4n) is 1.89. The van der Waals surface area contributed by atoms with E-state index in [9.17, 15) is 17.2 Å². The van der Waals surface area contributed by atoms with Gasteiger partial charge in [-0.3, -0.25) is 0 Å². The molecule has 0 aliphatic rings. The summed E-state index contributed by atoms with van der Waals surface area (Å²) in [5, 5.41) is 8.85. The number of ether oxygens (including phenoxy) is 1. The summed E-state index contributed by atoms with van der Waals surface area (Å²) in [6.07, 6.45) is 2.21. The quantitative estimate of drug-likeness (QED) is 0.776. The van der Waals surface area contributed by atoms with Gasteiger partial charge in [-0.15, -0.1) is 0 Å². The van der Waals surface area contributed by atoms with Crippen molar-refractivity contribution in [3.8, 4) is 11.8 Å². The molecule has 2 aromatic rings. The van der Waals surface area contributed by atoms with E-state index in [1.807, 2.05) is 0 Å². The van der Waals surface area contributed by atoms with Crippen molar-refractivity contribution in [3.05, 3.63) is 70.1 Å². The largest absolute Gasteiger partial charge is 0.489 e. The van der Waals surface area contributed by atoms with E-state index in [4.69, 9.17) is 10.00 Å². The highest BCUT2D eigenvalue weighted by Gasteiger charge is 2.10. The van der Waals surface area contributed by atoms with Crippen LogP contribution in [0.25, 0.3) is 6.08 Å². The van der Waals surface area contributed by atoms with Crippen LogP contribution in [0, 0.1) is 23.0 Å². The summed E-state index contributed by atoms with van der Waals surface area (Å²) in [5.74, 6) is -0.924. The lowest BCUT2D eigenvalue weighted by atomic mass is 10.2. The molecule has 2 aromatic carbocycles. The van der Waals surface area contributed by atoms with Gasteiger partial charge in [-0.05, 0) is 41.5 Å². The summed E-state index contributed by atoms with van der Waals surface area (Å²) >= 11 is 0. The maximum absolute atomic E-state index is 13.1. The molecule has 0 atom stereocenters. The smallest absolute Gasteiger partial charge is 0.185 e. The van der Waals surface area contributed by atoms with Gasteiger partial charge in [0.05, 0.1) is 0 Å². The van der Waals surface area contributed by atoms with E-state index >= 15 is 0 Å². The zero-order valence-corrected chi connectivity index (χ0v) is 13.5. The predicted octanol–water partition coefficient (Wildman–Crippen LogP) is 3.45. The van der Waals surface area contributed by atoms with Gasteiger partial charge >= 0.3 is 0 Å². The lowest BCUT2D eigenvalue weighted by molar-refractivity contribution is 0.305. The Labute approximate surface area is 138 Å². The van der Waals surface area contributed by atoms with Gasteiger partial charge in [-0.2, -0.15) is 5.26 Å². The van der Waals surface area contributed by atoms with E-state index in [1.165, 1.54) is 18.2 Å². The number of benzene rings is 2. The second-order valence-electron chi connectivity index (χ2n) is 5.03. The summed E-state index contributed by atoms with van der Waals surface area (Å²) in [6.45, 7) is -0.0172. The van der Waals surface area contributed by atoms with E-state index in [0.29, 0.717) is 16.9 Å². The van der Waals surface area contributed by atoms with Crippen molar-refractivity contribution in [2.45, 2.75) is 6.61 Å². The second-order valence-corrected chi connectivity index (χ2v) is 7.01. The Morgan fingerprint density at radius 2 is 1.75 bits per heavy atom. The fourth-order valence-corrected chi connectivity index (χ4v) is 2.41. The SMILES string of the molecule is CS(=O)(=O)/C(C#N)=C/c1ccc(OCc2cc(F)cc(F)c2)cc1. The molecule has 0 saturated carbocycles. The van der Waals surface area contributed by atoms with Crippen LogP contribution >= 0.6 is 0 Å². The Morgan fingerprint density at radius 3 is 2.25 bits per heavy atom. The summed E-state index contributed by atoms with van der Waals surface area (Å²) < 4.78 is 54.3. The number of sulfone groups is 1. The molecule has 2 rings (SSSR count). The van der Waals surface area contributed by atoms with E-state index in [2.05, 4.69) is 0 Å². The molecular weight excluding hydrogens is 336 g/mol. The van der Waals surface area contributed by atoms with Crippen molar-refractivity contribution in [2.75, 3.05) is 6.26 Å². The summed E-state index contributed by atoms with van der Waals surface area (Å²) in [7, 11) is -3.58. The standard InChI is InChI=1S/C17H13F2NO3S/c1-24(21,22)17(10-20)8-12-2-4-16(5-3-12)23-11-13-6-14(18)9-15(19)7-13/h2-9H,11H2,1H3/b17-8+.